The van der Waals surface area contributed by atoms with Crippen LogP contribution in [0, 0.1) is 0 Å². The van der Waals surface area contributed by atoms with E-state index in [0.717, 1.165) is 42.3 Å². The van der Waals surface area contributed by atoms with Gasteiger partial charge in [-0.25, -0.2) is 9.78 Å². The highest BCUT2D eigenvalue weighted by molar-refractivity contribution is 7.08. The number of aromatic amines is 1. The van der Waals surface area contributed by atoms with E-state index in [-0.39, 0.29) is 17.5 Å². The van der Waals surface area contributed by atoms with Crippen molar-refractivity contribution in [1.82, 2.24) is 24.5 Å². The number of carbonyl (C=O) groups is 1. The summed E-state index contributed by atoms with van der Waals surface area (Å²) >= 11 is 1.16. The van der Waals surface area contributed by atoms with E-state index in [1.807, 2.05) is 17.9 Å². The monoisotopic (exact) mass is 319 g/mol. The minimum Gasteiger partial charge on any atom is -0.337 e. The van der Waals surface area contributed by atoms with Crippen LogP contribution in [0.15, 0.2) is 17.1 Å². The second kappa shape index (κ2) is 6.35. The smallest absolute Gasteiger partial charge is 0.337 e. The molecule has 2 aromatic heterocycles. The summed E-state index contributed by atoms with van der Waals surface area (Å²) in [7, 11) is 0. The number of nitrogens with one attached hydrogen (secondary N) is 1. The molecule has 2 aromatic rings. The minimum absolute atomic E-state index is 0.00652. The molecular weight excluding hydrogens is 302 g/mol. The maximum atomic E-state index is 12.7. The summed E-state index contributed by atoms with van der Waals surface area (Å²) in [5.74, 6) is 0.132. The molecule has 7 nitrogen and oxygen atoms in total. The number of likely N-dealkylation sites (tertiary alicyclic amines) is 1. The summed E-state index contributed by atoms with van der Waals surface area (Å²) in [6, 6.07) is 1.81. The molecule has 1 fully saturated rings. The Balaban J connectivity index is 1.78. The average Bonchev–Trinajstić information content (AvgIpc) is 3.03. The zero-order chi connectivity index (χ0) is 15.5. The molecule has 0 spiro atoms. The Morgan fingerprint density at radius 2 is 2.41 bits per heavy atom. The van der Waals surface area contributed by atoms with Crippen LogP contribution in [0.3, 0.4) is 0 Å². The Morgan fingerprint density at radius 3 is 3.18 bits per heavy atom. The van der Waals surface area contributed by atoms with Gasteiger partial charge in [0, 0.05) is 30.9 Å². The first-order valence-electron chi connectivity index (χ1n) is 7.34. The molecule has 8 heteroatoms. The second-order valence-corrected chi connectivity index (χ2v) is 6.08. The van der Waals surface area contributed by atoms with E-state index in [9.17, 15) is 9.59 Å². The van der Waals surface area contributed by atoms with E-state index in [4.69, 9.17) is 0 Å². The lowest BCUT2D eigenvalue weighted by Gasteiger charge is -2.32. The van der Waals surface area contributed by atoms with Gasteiger partial charge in [0.1, 0.15) is 4.88 Å². The molecule has 22 heavy (non-hydrogen) atoms. The number of aryl methyl sites for hydroxylation is 1. The van der Waals surface area contributed by atoms with Gasteiger partial charge in [0.05, 0.1) is 5.69 Å². The number of amides is 1. The first kappa shape index (κ1) is 14.8. The van der Waals surface area contributed by atoms with E-state index in [1.165, 1.54) is 6.20 Å². The van der Waals surface area contributed by atoms with Gasteiger partial charge in [0.15, 0.2) is 0 Å². The molecular formula is C14H17N5O2S. The standard InChI is InChI=1S/C14H17N5O2S/c1-2-10-12(22-18-17-10)13(20)19-7-3-4-9(8-19)11-5-6-15-14(21)16-11/h5-6,9H,2-4,7-8H2,1H3,(H,15,16,21). The zero-order valence-corrected chi connectivity index (χ0v) is 13.1. The fraction of sp³-hybridized carbons (Fsp3) is 0.500. The highest BCUT2D eigenvalue weighted by Gasteiger charge is 2.28. The molecule has 3 rings (SSSR count). The molecule has 1 aliphatic heterocycles. The van der Waals surface area contributed by atoms with Crippen LogP contribution in [-0.2, 0) is 6.42 Å². The predicted molar refractivity (Wildman–Crippen MR) is 82.0 cm³/mol. The minimum atomic E-state index is -0.346. The quantitative estimate of drug-likeness (QED) is 0.918. The van der Waals surface area contributed by atoms with Gasteiger partial charge in [0.2, 0.25) is 0 Å². The molecule has 1 unspecified atom stereocenters. The summed E-state index contributed by atoms with van der Waals surface area (Å²) in [4.78, 5) is 32.9. The largest absolute Gasteiger partial charge is 0.345 e. The van der Waals surface area contributed by atoms with Crippen molar-refractivity contribution >= 4 is 17.4 Å². The highest BCUT2D eigenvalue weighted by Crippen LogP contribution is 2.26. The molecule has 1 aliphatic rings. The van der Waals surface area contributed by atoms with Crippen LogP contribution >= 0.6 is 11.5 Å². The normalized spacial score (nSPS) is 18.4. The molecule has 116 valence electrons. The first-order valence-corrected chi connectivity index (χ1v) is 8.12. The predicted octanol–water partition coefficient (Wildman–Crippen LogP) is 1.20. The molecule has 3 heterocycles. The summed E-state index contributed by atoms with van der Waals surface area (Å²) in [6.45, 7) is 3.29. The number of nitrogens with zero attached hydrogens (tertiary/aromatic N) is 4. The van der Waals surface area contributed by atoms with Crippen LogP contribution < -0.4 is 5.69 Å². The molecule has 1 amide bonds. The number of H-pyrrole nitrogens is 1. The Kier molecular flexibility index (Phi) is 4.28. The Hall–Kier alpha value is -2.09. The molecule has 0 aromatic carbocycles. The molecule has 0 radical (unpaired) electrons. The van der Waals surface area contributed by atoms with Crippen molar-refractivity contribution in [2.75, 3.05) is 13.1 Å². The fourth-order valence-electron chi connectivity index (χ4n) is 2.78. The highest BCUT2D eigenvalue weighted by atomic mass is 32.1. The molecule has 1 N–H and O–H groups in total. The van der Waals surface area contributed by atoms with E-state index >= 15 is 0 Å². The number of rotatable bonds is 3. The molecule has 0 bridgehead atoms. The lowest BCUT2D eigenvalue weighted by molar-refractivity contribution is 0.0709. The lowest BCUT2D eigenvalue weighted by atomic mass is 9.94. The van der Waals surface area contributed by atoms with Crippen molar-refractivity contribution in [3.8, 4) is 0 Å². The van der Waals surface area contributed by atoms with Crippen LogP contribution in [-0.4, -0.2) is 43.5 Å². The van der Waals surface area contributed by atoms with Gasteiger partial charge in [0.25, 0.3) is 5.91 Å². The third-order valence-electron chi connectivity index (χ3n) is 3.93. The number of hydrogen-bond acceptors (Lipinski definition) is 6. The van der Waals surface area contributed by atoms with Crippen molar-refractivity contribution in [1.29, 1.82) is 0 Å². The maximum Gasteiger partial charge on any atom is 0.345 e. The third kappa shape index (κ3) is 2.92. The molecule has 1 saturated heterocycles. The van der Waals surface area contributed by atoms with E-state index in [2.05, 4.69) is 19.6 Å². The van der Waals surface area contributed by atoms with Crippen molar-refractivity contribution in [2.24, 2.45) is 0 Å². The number of aromatic nitrogens is 4. The van der Waals surface area contributed by atoms with E-state index in [0.29, 0.717) is 17.8 Å². The van der Waals surface area contributed by atoms with Gasteiger partial charge in [-0.2, -0.15) is 0 Å². The SMILES string of the molecule is CCc1nnsc1C(=O)N1CCCC(c2ccnc(=O)[nH]2)C1. The van der Waals surface area contributed by atoms with Crippen LogP contribution in [0.2, 0.25) is 0 Å². The van der Waals surface area contributed by atoms with Gasteiger partial charge >= 0.3 is 5.69 Å². The van der Waals surface area contributed by atoms with Crippen molar-refractivity contribution in [2.45, 2.75) is 32.1 Å². The summed E-state index contributed by atoms with van der Waals surface area (Å²) in [5, 5.41) is 4.00. The van der Waals surface area contributed by atoms with Gasteiger partial charge in [-0.05, 0) is 36.9 Å². The number of hydrogen-bond donors (Lipinski definition) is 1. The van der Waals surface area contributed by atoms with Gasteiger partial charge in [-0.15, -0.1) is 5.10 Å². The van der Waals surface area contributed by atoms with Gasteiger partial charge < -0.3 is 9.88 Å². The van der Waals surface area contributed by atoms with Crippen LogP contribution in [0.25, 0.3) is 0 Å². The second-order valence-electron chi connectivity index (χ2n) is 5.32. The molecule has 1 atom stereocenters. The third-order valence-corrected chi connectivity index (χ3v) is 4.69. The van der Waals surface area contributed by atoms with E-state index in [1.54, 1.807) is 0 Å². The number of carbonyl (C=O) groups excluding carboxylic acids is 1. The van der Waals surface area contributed by atoms with Crippen LogP contribution in [0.1, 0.15) is 46.7 Å². The molecule has 0 saturated carbocycles. The van der Waals surface area contributed by atoms with Crippen molar-refractivity contribution < 1.29 is 4.79 Å². The fourth-order valence-corrected chi connectivity index (χ4v) is 3.50. The Morgan fingerprint density at radius 1 is 1.55 bits per heavy atom. The maximum absolute atomic E-state index is 12.7. The first-order chi connectivity index (χ1) is 10.7. The van der Waals surface area contributed by atoms with Crippen LogP contribution in [0.5, 0.6) is 0 Å². The zero-order valence-electron chi connectivity index (χ0n) is 12.3. The topological polar surface area (TPSA) is 91.8 Å². The van der Waals surface area contributed by atoms with Crippen molar-refractivity contribution in [3.63, 3.8) is 0 Å². The Bertz CT molecular complexity index is 726. The summed E-state index contributed by atoms with van der Waals surface area (Å²) in [5.41, 5.74) is 1.26. The van der Waals surface area contributed by atoms with Crippen LogP contribution in [0.4, 0.5) is 0 Å². The van der Waals surface area contributed by atoms with Gasteiger partial charge in [-0.3, -0.25) is 4.79 Å². The summed E-state index contributed by atoms with van der Waals surface area (Å²) < 4.78 is 3.89. The lowest BCUT2D eigenvalue weighted by Crippen LogP contribution is -2.39. The van der Waals surface area contributed by atoms with Crippen molar-refractivity contribution in [3.05, 3.63) is 39.0 Å². The number of piperidine rings is 1. The Labute approximate surface area is 131 Å². The summed E-state index contributed by atoms with van der Waals surface area (Å²) in [6.07, 6.45) is 4.07. The van der Waals surface area contributed by atoms with E-state index < -0.39 is 0 Å². The molecule has 0 aliphatic carbocycles. The average molecular weight is 319 g/mol. The van der Waals surface area contributed by atoms with Gasteiger partial charge in [-0.1, -0.05) is 11.4 Å².